The summed E-state index contributed by atoms with van der Waals surface area (Å²) in [5, 5.41) is 0.237. The van der Waals surface area contributed by atoms with Gasteiger partial charge in [-0.25, -0.2) is 0 Å². The van der Waals surface area contributed by atoms with E-state index in [0.717, 1.165) is 55.2 Å². The average Bonchev–Trinajstić information content (AvgIpc) is 3.61. The predicted octanol–water partition coefficient (Wildman–Crippen LogP) is 4.52. The highest BCUT2D eigenvalue weighted by atomic mass is 35.5. The maximum absolute atomic E-state index is 12.5. The molecule has 1 aliphatic heterocycles. The topological polar surface area (TPSA) is 81.9 Å². The Morgan fingerprint density at radius 1 is 1.28 bits per heavy atom. The second kappa shape index (κ2) is 10.1. The van der Waals surface area contributed by atoms with Crippen LogP contribution in [0.15, 0.2) is 36.4 Å². The summed E-state index contributed by atoms with van der Waals surface area (Å²) >= 11 is 6.58. The summed E-state index contributed by atoms with van der Waals surface area (Å²) in [5.41, 5.74) is 6.30. The fraction of sp³-hybridized carbons (Fsp3) is 0.545. The van der Waals surface area contributed by atoms with Crippen molar-refractivity contribution in [1.82, 2.24) is 0 Å². The number of carbonyl (C=O) groups is 2. The number of unbranched alkanes of at least 4 members (excludes halogenated alkanes) is 3. The quantitative estimate of drug-likeness (QED) is 0.294. The van der Waals surface area contributed by atoms with Gasteiger partial charge in [-0.15, -0.1) is 0 Å². The van der Waals surface area contributed by atoms with Crippen LogP contribution in [0.2, 0.25) is 5.02 Å². The molecule has 29 heavy (non-hydrogen) atoms. The zero-order valence-electron chi connectivity index (χ0n) is 16.5. The van der Waals surface area contributed by atoms with Crippen LogP contribution in [-0.2, 0) is 14.3 Å². The van der Waals surface area contributed by atoms with E-state index >= 15 is 0 Å². The number of epoxide rings is 1. The molecule has 1 saturated heterocycles. The summed E-state index contributed by atoms with van der Waals surface area (Å²) in [6.45, 7) is 4.93. The number of allylic oxidation sites excluding steroid dienone is 1. The average molecular weight is 438 g/mol. The van der Waals surface area contributed by atoms with E-state index in [9.17, 15) is 9.59 Å². The van der Waals surface area contributed by atoms with Crippen LogP contribution in [0.25, 0.3) is 0 Å². The van der Waals surface area contributed by atoms with Crippen molar-refractivity contribution in [2.75, 3.05) is 13.2 Å². The molecule has 7 heteroatoms. The highest BCUT2D eigenvalue weighted by Crippen LogP contribution is 2.41. The van der Waals surface area contributed by atoms with Crippen molar-refractivity contribution in [3.63, 3.8) is 0 Å². The summed E-state index contributed by atoms with van der Waals surface area (Å²) < 4.78 is 11.1. The molecular formula is C22H28ClNO4S. The first-order chi connectivity index (χ1) is 13.9. The molecule has 1 aromatic rings. The lowest BCUT2D eigenvalue weighted by Gasteiger charge is -2.12. The van der Waals surface area contributed by atoms with Crippen molar-refractivity contribution in [1.29, 1.82) is 0 Å². The highest BCUT2D eigenvalue weighted by molar-refractivity contribution is 8.26. The van der Waals surface area contributed by atoms with E-state index in [1.54, 1.807) is 12.1 Å². The minimum absolute atomic E-state index is 0.196. The van der Waals surface area contributed by atoms with Gasteiger partial charge >= 0.3 is 0 Å². The predicted molar refractivity (Wildman–Crippen MR) is 116 cm³/mol. The van der Waals surface area contributed by atoms with Gasteiger partial charge in [-0.3, -0.25) is 9.59 Å². The van der Waals surface area contributed by atoms with E-state index < -0.39 is 11.6 Å². The number of nitrogens with two attached hydrogens (primary N) is 1. The first kappa shape index (κ1) is 22.3. The van der Waals surface area contributed by atoms with Gasteiger partial charge in [0.05, 0.1) is 19.3 Å². The van der Waals surface area contributed by atoms with E-state index in [1.807, 2.05) is 12.1 Å². The van der Waals surface area contributed by atoms with Gasteiger partial charge in [0.1, 0.15) is 5.75 Å². The maximum Gasteiger partial charge on any atom is 0.230 e. The molecule has 2 fully saturated rings. The first-order valence-electron chi connectivity index (χ1n) is 10.1. The zero-order valence-corrected chi connectivity index (χ0v) is 18.1. The Bertz CT molecular complexity index is 748. The molecule has 0 aromatic heterocycles. The third-order valence-electron chi connectivity index (χ3n) is 5.38. The molecule has 1 aliphatic carbocycles. The Kier molecular flexibility index (Phi) is 7.79. The number of hydrogen-bond acceptors (Lipinski definition) is 6. The normalized spacial score (nSPS) is 23.5. The standard InChI is InChI=1S/C22H28ClNO4S/c1-15-12-16(15)13-19(24)20(25)29-21(26)22(14-28-22)10-4-2-3-5-11-27-18-8-6-17(23)7-9-18/h6-9,16,19H,1-5,10-14,24H2. The number of hydrogen-bond donors (Lipinski definition) is 1. The van der Waals surface area contributed by atoms with E-state index in [-0.39, 0.29) is 10.2 Å². The lowest BCUT2D eigenvalue weighted by molar-refractivity contribution is -0.117. The lowest BCUT2D eigenvalue weighted by atomic mass is 10.0. The SMILES string of the molecule is C=C1CC1CC(N)C(=O)SC(=O)C1(CCCCCCOc2ccc(Cl)cc2)CO1. The molecule has 0 bridgehead atoms. The molecule has 1 heterocycles. The van der Waals surface area contributed by atoms with Crippen LogP contribution < -0.4 is 10.5 Å². The Labute approximate surface area is 181 Å². The molecule has 3 unspecified atom stereocenters. The summed E-state index contributed by atoms with van der Waals surface area (Å²) in [6.07, 6.45) is 6.01. The fourth-order valence-electron chi connectivity index (χ4n) is 3.21. The van der Waals surface area contributed by atoms with E-state index in [2.05, 4.69) is 6.58 Å². The molecule has 2 aliphatic rings. The molecule has 3 atom stereocenters. The minimum atomic E-state index is -0.775. The fourth-order valence-corrected chi connectivity index (χ4v) is 4.17. The summed E-state index contributed by atoms with van der Waals surface area (Å²) in [5.74, 6) is 1.16. The summed E-state index contributed by atoms with van der Waals surface area (Å²) in [7, 11) is 0. The van der Waals surface area contributed by atoms with Crippen LogP contribution in [0.1, 0.15) is 44.9 Å². The van der Waals surface area contributed by atoms with Crippen molar-refractivity contribution in [2.24, 2.45) is 11.7 Å². The number of thioether (sulfide) groups is 1. The number of benzene rings is 1. The van der Waals surface area contributed by atoms with Crippen LogP contribution in [0.3, 0.4) is 0 Å². The van der Waals surface area contributed by atoms with E-state index in [4.69, 9.17) is 26.8 Å². The summed E-state index contributed by atoms with van der Waals surface area (Å²) in [4.78, 5) is 24.7. The van der Waals surface area contributed by atoms with Crippen molar-refractivity contribution >= 4 is 33.6 Å². The largest absolute Gasteiger partial charge is 0.494 e. The second-order valence-electron chi connectivity index (χ2n) is 7.86. The van der Waals surface area contributed by atoms with Gasteiger partial charge in [0.25, 0.3) is 0 Å². The molecule has 158 valence electrons. The smallest absolute Gasteiger partial charge is 0.230 e. The lowest BCUT2D eigenvalue weighted by Crippen LogP contribution is -2.32. The van der Waals surface area contributed by atoms with Crippen LogP contribution >= 0.6 is 23.4 Å². The number of ether oxygens (including phenoxy) is 2. The van der Waals surface area contributed by atoms with Crippen LogP contribution in [0.4, 0.5) is 0 Å². The van der Waals surface area contributed by atoms with Gasteiger partial charge in [-0.2, -0.15) is 0 Å². The molecule has 1 saturated carbocycles. The summed E-state index contributed by atoms with van der Waals surface area (Å²) in [6, 6.07) is 6.72. The molecule has 5 nitrogen and oxygen atoms in total. The van der Waals surface area contributed by atoms with Crippen molar-refractivity contribution in [3.8, 4) is 5.75 Å². The molecule has 3 rings (SSSR count). The molecule has 0 radical (unpaired) electrons. The minimum Gasteiger partial charge on any atom is -0.494 e. The third-order valence-corrected chi connectivity index (χ3v) is 6.70. The highest BCUT2D eigenvalue weighted by Gasteiger charge is 2.52. The van der Waals surface area contributed by atoms with Gasteiger partial charge < -0.3 is 15.2 Å². The molecule has 0 amide bonds. The Hall–Kier alpha value is -1.34. The zero-order chi connectivity index (χ0) is 20.9. The second-order valence-corrected chi connectivity index (χ2v) is 9.27. The molecule has 2 N–H and O–H groups in total. The van der Waals surface area contributed by atoms with E-state index in [1.165, 1.54) is 0 Å². The Morgan fingerprint density at radius 3 is 2.55 bits per heavy atom. The van der Waals surface area contributed by atoms with Gasteiger partial charge in [0.2, 0.25) is 10.2 Å². The van der Waals surface area contributed by atoms with Crippen LogP contribution in [0, 0.1) is 5.92 Å². The van der Waals surface area contributed by atoms with Crippen molar-refractivity contribution in [2.45, 2.75) is 56.6 Å². The van der Waals surface area contributed by atoms with Gasteiger partial charge in [0, 0.05) is 5.02 Å². The number of carbonyl (C=O) groups excluding carboxylic acids is 2. The Morgan fingerprint density at radius 2 is 1.93 bits per heavy atom. The van der Waals surface area contributed by atoms with Gasteiger partial charge in [-0.05, 0) is 74.0 Å². The number of halogens is 1. The van der Waals surface area contributed by atoms with E-state index in [0.29, 0.717) is 37.0 Å². The van der Waals surface area contributed by atoms with Crippen molar-refractivity contribution < 1.29 is 19.1 Å². The van der Waals surface area contributed by atoms with Gasteiger partial charge in [-0.1, -0.05) is 36.6 Å². The number of rotatable bonds is 12. The Balaban J connectivity index is 1.26. The van der Waals surface area contributed by atoms with Gasteiger partial charge in [0.15, 0.2) is 5.60 Å². The van der Waals surface area contributed by atoms with Crippen molar-refractivity contribution in [3.05, 3.63) is 41.4 Å². The monoisotopic (exact) mass is 437 g/mol. The first-order valence-corrected chi connectivity index (χ1v) is 11.3. The molecule has 1 aromatic carbocycles. The van der Waals surface area contributed by atoms with Crippen LogP contribution in [0.5, 0.6) is 5.75 Å². The maximum atomic E-state index is 12.5. The molecular weight excluding hydrogens is 410 g/mol. The van der Waals surface area contributed by atoms with Crippen LogP contribution in [-0.4, -0.2) is 35.1 Å². The third kappa shape index (κ3) is 6.85. The molecule has 0 spiro atoms.